The van der Waals surface area contributed by atoms with Gasteiger partial charge in [0.25, 0.3) is 0 Å². The van der Waals surface area contributed by atoms with Crippen LogP contribution in [0, 0.1) is 11.8 Å². The van der Waals surface area contributed by atoms with Crippen molar-refractivity contribution in [1.82, 2.24) is 13.7 Å². The Kier molecular flexibility index (Phi) is 9.61. The molecule has 2 aliphatic carbocycles. The molecule has 1 aromatic rings. The van der Waals surface area contributed by atoms with Crippen molar-refractivity contribution in [2.24, 2.45) is 11.8 Å². The predicted octanol–water partition coefficient (Wildman–Crippen LogP) is 0.428. The lowest BCUT2D eigenvalue weighted by Gasteiger charge is -2.18. The summed E-state index contributed by atoms with van der Waals surface area (Å²) < 4.78 is 24.1. The molecule has 6 atom stereocenters. The van der Waals surface area contributed by atoms with Crippen LogP contribution in [-0.2, 0) is 53.0 Å². The van der Waals surface area contributed by atoms with E-state index in [4.69, 9.17) is 24.1 Å². The molecule has 0 spiro atoms. The molecule has 2 saturated heterocycles. The van der Waals surface area contributed by atoms with Crippen molar-refractivity contribution in [3.63, 3.8) is 0 Å². The summed E-state index contributed by atoms with van der Waals surface area (Å²) in [7, 11) is 0. The summed E-state index contributed by atoms with van der Waals surface area (Å²) in [5.41, 5.74) is -2.75. The molecule has 232 valence electrons. The van der Waals surface area contributed by atoms with E-state index in [1.165, 1.54) is 0 Å². The first-order valence-corrected chi connectivity index (χ1v) is 15.0. The number of nitrogens with zero attached hydrogens (tertiary/aromatic N) is 3. The standard InChI is InChI=1S/C28H39N3O11/c32-23(33)9-12-31-27(37)29(10-1-3-24(34)39-15-17-5-7-19-21(13-17)41-19)26(36)30(28(31)38)11-2-4-25(35)40-16-18-6-8-20-22(14-18)42-20/h17-22H,1-16H2,(H,32,33). The highest BCUT2D eigenvalue weighted by Crippen LogP contribution is 2.40. The molecule has 4 fully saturated rings. The van der Waals surface area contributed by atoms with E-state index in [9.17, 15) is 28.8 Å². The molecule has 42 heavy (non-hydrogen) atoms. The van der Waals surface area contributed by atoms with Gasteiger partial charge >= 0.3 is 35.0 Å². The molecule has 1 N–H and O–H groups in total. The average Bonchev–Trinajstić information content (AvgIpc) is 3.88. The summed E-state index contributed by atoms with van der Waals surface area (Å²) in [6.07, 6.45) is 6.52. The molecule has 2 saturated carbocycles. The van der Waals surface area contributed by atoms with Gasteiger partial charge in [-0.3, -0.25) is 14.4 Å². The number of hydrogen-bond donors (Lipinski definition) is 1. The van der Waals surface area contributed by atoms with Gasteiger partial charge in [-0.1, -0.05) is 0 Å². The van der Waals surface area contributed by atoms with Crippen LogP contribution < -0.4 is 17.1 Å². The van der Waals surface area contributed by atoms with Crippen LogP contribution in [0.2, 0.25) is 0 Å². The van der Waals surface area contributed by atoms with Crippen molar-refractivity contribution in [3.8, 4) is 0 Å². The second kappa shape index (κ2) is 13.4. The smallest absolute Gasteiger partial charge is 0.336 e. The Morgan fingerprint density at radius 2 is 1.07 bits per heavy atom. The Bertz CT molecular complexity index is 1260. The SMILES string of the molecule is O=C(O)CCn1c(=O)n(CCCC(=O)OCC2CCC3OC3C2)c(=O)n(CCCC(=O)OCC2CCC3OC3C2)c1=O. The maximum atomic E-state index is 13.1. The zero-order valence-corrected chi connectivity index (χ0v) is 23.6. The molecule has 1 aromatic heterocycles. The summed E-state index contributed by atoms with van der Waals surface area (Å²) >= 11 is 0. The second-order valence-electron chi connectivity index (χ2n) is 11.8. The number of ether oxygens (including phenoxy) is 4. The third-order valence-corrected chi connectivity index (χ3v) is 8.65. The molecule has 0 amide bonds. The van der Waals surface area contributed by atoms with Crippen molar-refractivity contribution in [1.29, 1.82) is 0 Å². The van der Waals surface area contributed by atoms with Gasteiger partial charge in [0.1, 0.15) is 0 Å². The third kappa shape index (κ3) is 7.77. The van der Waals surface area contributed by atoms with Crippen LogP contribution in [0.25, 0.3) is 0 Å². The van der Waals surface area contributed by atoms with Gasteiger partial charge < -0.3 is 24.1 Å². The van der Waals surface area contributed by atoms with Gasteiger partial charge in [-0.05, 0) is 63.2 Å². The van der Waals surface area contributed by atoms with Gasteiger partial charge in [0.2, 0.25) is 0 Å². The van der Waals surface area contributed by atoms with Gasteiger partial charge in [0, 0.05) is 32.5 Å². The molecule has 4 aliphatic rings. The number of carboxylic acids is 1. The molecule has 5 rings (SSSR count). The van der Waals surface area contributed by atoms with Gasteiger partial charge in [-0.2, -0.15) is 0 Å². The Morgan fingerprint density at radius 3 is 1.48 bits per heavy atom. The number of hydrogen-bond acceptors (Lipinski definition) is 10. The molecule has 3 heterocycles. The highest BCUT2D eigenvalue weighted by molar-refractivity contribution is 5.69. The number of epoxide rings is 2. The van der Waals surface area contributed by atoms with E-state index < -0.39 is 47.9 Å². The van der Waals surface area contributed by atoms with E-state index in [1.54, 1.807) is 0 Å². The largest absolute Gasteiger partial charge is 0.481 e. The quantitative estimate of drug-likeness (QED) is 0.220. The molecule has 0 radical (unpaired) electrons. The van der Waals surface area contributed by atoms with Crippen LogP contribution in [0.3, 0.4) is 0 Å². The van der Waals surface area contributed by atoms with Crippen LogP contribution in [-0.4, -0.2) is 74.3 Å². The van der Waals surface area contributed by atoms with Gasteiger partial charge in [0.05, 0.1) is 44.1 Å². The number of aromatic nitrogens is 3. The number of esters is 2. The van der Waals surface area contributed by atoms with E-state index in [2.05, 4.69) is 0 Å². The number of carbonyl (C=O) groups is 3. The normalized spacial score (nSPS) is 27.4. The lowest BCUT2D eigenvalue weighted by atomic mass is 9.90. The van der Waals surface area contributed by atoms with Crippen LogP contribution in [0.15, 0.2) is 14.4 Å². The second-order valence-corrected chi connectivity index (χ2v) is 11.8. The van der Waals surface area contributed by atoms with E-state index in [0.717, 1.165) is 47.7 Å². The minimum absolute atomic E-state index is 0.0320. The molecule has 6 unspecified atom stereocenters. The zero-order chi connectivity index (χ0) is 29.8. The molecule has 0 bridgehead atoms. The minimum atomic E-state index is -1.21. The number of fused-ring (bicyclic) bond motifs is 2. The number of rotatable bonds is 15. The minimum Gasteiger partial charge on any atom is -0.481 e. The van der Waals surface area contributed by atoms with Crippen molar-refractivity contribution < 1.29 is 38.4 Å². The van der Waals surface area contributed by atoms with Crippen molar-refractivity contribution in [2.45, 2.75) is 115 Å². The fourth-order valence-electron chi connectivity index (χ4n) is 6.07. The third-order valence-electron chi connectivity index (χ3n) is 8.65. The van der Waals surface area contributed by atoms with Crippen molar-refractivity contribution in [2.75, 3.05) is 13.2 Å². The van der Waals surface area contributed by atoms with E-state index >= 15 is 0 Å². The molecule has 2 aliphatic heterocycles. The Labute approximate surface area is 241 Å². The lowest BCUT2D eigenvalue weighted by Crippen LogP contribution is -2.54. The molecule has 0 aromatic carbocycles. The van der Waals surface area contributed by atoms with Crippen LogP contribution in [0.1, 0.15) is 70.6 Å². The topological polar surface area (TPSA) is 181 Å². The molecule has 14 heteroatoms. The number of carbonyl (C=O) groups excluding carboxylic acids is 2. The molecular formula is C28H39N3O11. The summed E-state index contributed by atoms with van der Waals surface area (Å²) in [6.45, 7) is -0.128. The molecular weight excluding hydrogens is 554 g/mol. The monoisotopic (exact) mass is 593 g/mol. The van der Waals surface area contributed by atoms with Gasteiger partial charge in [0.15, 0.2) is 0 Å². The maximum Gasteiger partial charge on any atom is 0.336 e. The first-order chi connectivity index (χ1) is 20.2. The summed E-state index contributed by atoms with van der Waals surface area (Å²) in [6, 6.07) is 0. The van der Waals surface area contributed by atoms with E-state index in [0.29, 0.717) is 30.0 Å². The van der Waals surface area contributed by atoms with Gasteiger partial charge in [-0.15, -0.1) is 0 Å². The number of carboxylic acid groups (broad SMARTS) is 1. The maximum absolute atomic E-state index is 13.1. The molecule has 14 nitrogen and oxygen atoms in total. The first kappa shape index (κ1) is 30.2. The Morgan fingerprint density at radius 1 is 0.643 bits per heavy atom. The van der Waals surface area contributed by atoms with Crippen molar-refractivity contribution >= 4 is 17.9 Å². The van der Waals surface area contributed by atoms with Gasteiger partial charge in [-0.25, -0.2) is 28.1 Å². The van der Waals surface area contributed by atoms with Crippen molar-refractivity contribution in [3.05, 3.63) is 31.5 Å². The lowest BCUT2D eigenvalue weighted by molar-refractivity contribution is -0.146. The average molecular weight is 594 g/mol. The Balaban J connectivity index is 1.14. The summed E-state index contributed by atoms with van der Waals surface area (Å²) in [5.74, 6) is -1.58. The number of aliphatic carboxylic acids is 1. The fourth-order valence-corrected chi connectivity index (χ4v) is 6.07. The van der Waals surface area contributed by atoms with Crippen LogP contribution >= 0.6 is 0 Å². The van der Waals surface area contributed by atoms with Crippen LogP contribution in [0.5, 0.6) is 0 Å². The highest BCUT2D eigenvalue weighted by atomic mass is 16.6. The highest BCUT2D eigenvalue weighted by Gasteiger charge is 2.44. The summed E-state index contributed by atoms with van der Waals surface area (Å²) in [4.78, 5) is 74.7. The van der Waals surface area contributed by atoms with E-state index in [-0.39, 0.29) is 62.8 Å². The predicted molar refractivity (Wildman–Crippen MR) is 144 cm³/mol. The Hall–Kier alpha value is -3.26. The first-order valence-electron chi connectivity index (χ1n) is 15.0. The fraction of sp³-hybridized carbons (Fsp3) is 0.786. The summed E-state index contributed by atoms with van der Waals surface area (Å²) in [5, 5.41) is 9.07. The zero-order valence-electron chi connectivity index (χ0n) is 23.6. The van der Waals surface area contributed by atoms with Crippen LogP contribution in [0.4, 0.5) is 0 Å². The van der Waals surface area contributed by atoms with E-state index in [1.807, 2.05) is 0 Å².